The summed E-state index contributed by atoms with van der Waals surface area (Å²) < 4.78 is 31.8. The van der Waals surface area contributed by atoms with Crippen molar-refractivity contribution < 1.29 is 27.8 Å². The van der Waals surface area contributed by atoms with Crippen LogP contribution in [0.15, 0.2) is 53.4 Å². The molecule has 0 atom stereocenters. The van der Waals surface area contributed by atoms with Gasteiger partial charge < -0.3 is 10.4 Å². The lowest BCUT2D eigenvalue weighted by atomic mass is 10.1. The number of rotatable bonds is 4. The molecule has 0 aromatic heterocycles. The van der Waals surface area contributed by atoms with Crippen molar-refractivity contribution in [2.75, 3.05) is 5.32 Å². The summed E-state index contributed by atoms with van der Waals surface area (Å²) >= 11 is 0. The summed E-state index contributed by atoms with van der Waals surface area (Å²) in [5.41, 5.74) is 0.699. The van der Waals surface area contributed by atoms with E-state index in [0.29, 0.717) is 10.9 Å². The molecule has 0 fully saturated rings. The topological polar surface area (TPSA) is 147 Å². The highest BCUT2D eigenvalue weighted by molar-refractivity contribution is 7.85. The van der Waals surface area contributed by atoms with Crippen LogP contribution in [0.4, 0.5) is 11.4 Å². The number of nitro benzene ring substituents is 1. The molecule has 0 bridgehead atoms. The van der Waals surface area contributed by atoms with Crippen LogP contribution in [0.2, 0.25) is 0 Å². The highest BCUT2D eigenvalue weighted by Gasteiger charge is 2.17. The number of hydrogen-bond acceptors (Lipinski definition) is 6. The van der Waals surface area contributed by atoms with Crippen molar-refractivity contribution >= 4 is 38.2 Å². The molecule has 9 nitrogen and oxygen atoms in total. The number of anilines is 1. The number of hydrogen-bond donors (Lipinski definition) is 3. The van der Waals surface area contributed by atoms with Crippen LogP contribution in [0.5, 0.6) is 5.75 Å². The van der Waals surface area contributed by atoms with Gasteiger partial charge in [-0.1, -0.05) is 6.07 Å². The number of aryl methyl sites for hydroxylation is 1. The summed E-state index contributed by atoms with van der Waals surface area (Å²) in [5, 5.41) is 24.0. The van der Waals surface area contributed by atoms with Crippen LogP contribution in [0, 0.1) is 17.0 Å². The molecule has 0 unspecified atom stereocenters. The SMILES string of the molecule is Cc1cc(C(=O)Nc2ccc(O)c3cc(S(=O)(=O)O)ccc23)ccc1[N+](=O)[O-]. The lowest BCUT2D eigenvalue weighted by Gasteiger charge is -2.11. The monoisotopic (exact) mass is 402 g/mol. The molecule has 144 valence electrons. The molecule has 10 heteroatoms. The van der Waals surface area contributed by atoms with E-state index >= 15 is 0 Å². The number of fused-ring (bicyclic) bond motifs is 1. The van der Waals surface area contributed by atoms with Crippen LogP contribution in [0.3, 0.4) is 0 Å². The van der Waals surface area contributed by atoms with Crippen molar-refractivity contribution in [3.8, 4) is 5.75 Å². The van der Waals surface area contributed by atoms with E-state index in [1.165, 1.54) is 43.3 Å². The zero-order chi connectivity index (χ0) is 20.6. The van der Waals surface area contributed by atoms with Crippen molar-refractivity contribution in [2.45, 2.75) is 11.8 Å². The van der Waals surface area contributed by atoms with Gasteiger partial charge in [0.2, 0.25) is 0 Å². The number of carbonyl (C=O) groups excluding carboxylic acids is 1. The number of amides is 1. The van der Waals surface area contributed by atoms with Crippen molar-refractivity contribution in [3.63, 3.8) is 0 Å². The van der Waals surface area contributed by atoms with Gasteiger partial charge in [-0.15, -0.1) is 0 Å². The lowest BCUT2D eigenvalue weighted by Crippen LogP contribution is -2.12. The molecule has 0 saturated heterocycles. The lowest BCUT2D eigenvalue weighted by molar-refractivity contribution is -0.385. The molecule has 3 aromatic rings. The van der Waals surface area contributed by atoms with E-state index in [9.17, 15) is 28.4 Å². The van der Waals surface area contributed by atoms with Crippen molar-refractivity contribution in [1.29, 1.82) is 0 Å². The van der Waals surface area contributed by atoms with Gasteiger partial charge >= 0.3 is 0 Å². The van der Waals surface area contributed by atoms with Crippen molar-refractivity contribution in [1.82, 2.24) is 0 Å². The Bertz CT molecular complexity index is 1240. The fourth-order valence-corrected chi connectivity index (χ4v) is 3.28. The van der Waals surface area contributed by atoms with Crippen molar-refractivity contribution in [2.24, 2.45) is 0 Å². The fraction of sp³-hybridized carbons (Fsp3) is 0.0556. The number of phenols is 1. The molecule has 0 aliphatic heterocycles. The van der Waals surface area contributed by atoms with Gasteiger partial charge in [0, 0.05) is 33.7 Å². The number of phenolic OH excluding ortho intramolecular Hbond substituents is 1. The van der Waals surface area contributed by atoms with Crippen LogP contribution in [0.1, 0.15) is 15.9 Å². The largest absolute Gasteiger partial charge is 0.507 e. The Morgan fingerprint density at radius 1 is 1.07 bits per heavy atom. The summed E-state index contributed by atoms with van der Waals surface area (Å²) in [6.45, 7) is 1.52. The van der Waals surface area contributed by atoms with E-state index in [4.69, 9.17) is 4.55 Å². The van der Waals surface area contributed by atoms with E-state index in [-0.39, 0.29) is 28.1 Å². The first-order valence-electron chi connectivity index (χ1n) is 7.87. The third kappa shape index (κ3) is 3.63. The Kier molecular flexibility index (Phi) is 4.75. The summed E-state index contributed by atoms with van der Waals surface area (Å²) in [6.07, 6.45) is 0. The average Bonchev–Trinajstić information content (AvgIpc) is 2.62. The van der Waals surface area contributed by atoms with Gasteiger partial charge in [-0.3, -0.25) is 19.5 Å². The summed E-state index contributed by atoms with van der Waals surface area (Å²) in [4.78, 5) is 22.5. The maximum Gasteiger partial charge on any atom is 0.294 e. The molecule has 3 rings (SSSR count). The van der Waals surface area contributed by atoms with Crippen LogP contribution in [-0.2, 0) is 10.1 Å². The van der Waals surface area contributed by atoms with Crippen LogP contribution in [0.25, 0.3) is 10.8 Å². The minimum absolute atomic E-state index is 0.107. The van der Waals surface area contributed by atoms with E-state index in [2.05, 4.69) is 5.32 Å². The highest BCUT2D eigenvalue weighted by atomic mass is 32.2. The molecule has 0 radical (unpaired) electrons. The Labute approximate surface area is 159 Å². The van der Waals surface area contributed by atoms with Gasteiger partial charge in [-0.25, -0.2) is 0 Å². The number of nitrogens with zero attached hydrogens (tertiary/aromatic N) is 1. The Balaban J connectivity index is 2.00. The number of nitrogens with one attached hydrogen (secondary N) is 1. The standard InChI is InChI=1S/C18H14N2O7S/c1-10-8-11(2-6-16(10)20(23)24)18(22)19-15-5-7-17(21)14-9-12(28(25,26)27)3-4-13(14)15/h2-9,21H,1H3,(H,19,22)(H,25,26,27). The van der Waals surface area contributed by atoms with E-state index in [1.54, 1.807) is 0 Å². The van der Waals surface area contributed by atoms with E-state index in [0.717, 1.165) is 12.1 Å². The maximum atomic E-state index is 12.5. The molecule has 0 aliphatic rings. The van der Waals surface area contributed by atoms with Gasteiger partial charge in [0.15, 0.2) is 0 Å². The van der Waals surface area contributed by atoms with Gasteiger partial charge in [0.05, 0.1) is 9.82 Å². The molecule has 1 amide bonds. The second kappa shape index (κ2) is 6.91. The highest BCUT2D eigenvalue weighted by Crippen LogP contribution is 2.33. The first-order valence-corrected chi connectivity index (χ1v) is 9.31. The molecule has 0 aliphatic carbocycles. The number of aromatic hydroxyl groups is 1. The Morgan fingerprint density at radius 3 is 2.39 bits per heavy atom. The van der Waals surface area contributed by atoms with Crippen LogP contribution in [-0.4, -0.2) is 28.9 Å². The van der Waals surface area contributed by atoms with Crippen LogP contribution < -0.4 is 5.32 Å². The summed E-state index contributed by atoms with van der Waals surface area (Å²) in [7, 11) is -4.46. The minimum atomic E-state index is -4.46. The third-order valence-electron chi connectivity index (χ3n) is 4.17. The molecular weight excluding hydrogens is 388 g/mol. The zero-order valence-electron chi connectivity index (χ0n) is 14.4. The predicted molar refractivity (Wildman–Crippen MR) is 101 cm³/mol. The second-order valence-electron chi connectivity index (χ2n) is 6.03. The van der Waals surface area contributed by atoms with Gasteiger partial charge in [-0.05, 0) is 43.3 Å². The number of benzene rings is 3. The van der Waals surface area contributed by atoms with Gasteiger partial charge in [0.25, 0.3) is 21.7 Å². The molecular formula is C18H14N2O7S. The Hall–Kier alpha value is -3.50. The molecule has 3 N–H and O–H groups in total. The first-order chi connectivity index (χ1) is 13.1. The van der Waals surface area contributed by atoms with Crippen molar-refractivity contribution in [3.05, 3.63) is 69.8 Å². The predicted octanol–water partition coefficient (Wildman–Crippen LogP) is 3.26. The zero-order valence-corrected chi connectivity index (χ0v) is 15.2. The third-order valence-corrected chi connectivity index (χ3v) is 5.02. The molecule has 0 saturated carbocycles. The van der Waals surface area contributed by atoms with Gasteiger partial charge in [-0.2, -0.15) is 8.42 Å². The number of carbonyl (C=O) groups is 1. The summed E-state index contributed by atoms with van der Waals surface area (Å²) in [6, 6.07) is 10.2. The van der Waals surface area contributed by atoms with Gasteiger partial charge in [0.1, 0.15) is 5.75 Å². The van der Waals surface area contributed by atoms with E-state index in [1.807, 2.05) is 0 Å². The molecule has 0 spiro atoms. The summed E-state index contributed by atoms with van der Waals surface area (Å²) in [5.74, 6) is -0.770. The quantitative estimate of drug-likeness (QED) is 0.263. The fourth-order valence-electron chi connectivity index (χ4n) is 2.78. The maximum absolute atomic E-state index is 12.5. The second-order valence-corrected chi connectivity index (χ2v) is 7.45. The molecule has 0 heterocycles. The van der Waals surface area contributed by atoms with Crippen LogP contribution >= 0.6 is 0 Å². The average molecular weight is 402 g/mol. The van der Waals surface area contributed by atoms with E-state index < -0.39 is 25.8 Å². The first kappa shape index (κ1) is 19.3. The Morgan fingerprint density at radius 2 is 1.79 bits per heavy atom. The normalized spacial score (nSPS) is 11.4. The molecule has 28 heavy (non-hydrogen) atoms. The minimum Gasteiger partial charge on any atom is -0.507 e. The number of nitro groups is 1. The molecule has 3 aromatic carbocycles. The smallest absolute Gasteiger partial charge is 0.294 e.